The highest BCUT2D eigenvalue weighted by atomic mass is 15.2. The first-order chi connectivity index (χ1) is 44.2. The minimum atomic E-state index is -0.164. The summed E-state index contributed by atoms with van der Waals surface area (Å²) in [5.41, 5.74) is 29.6. The third-order valence-electron chi connectivity index (χ3n) is 20.3. The van der Waals surface area contributed by atoms with Crippen LogP contribution in [0.3, 0.4) is 0 Å². The van der Waals surface area contributed by atoms with Crippen LogP contribution in [0, 0.1) is 0 Å². The number of benzene rings is 13. The first-order valence-corrected chi connectivity index (χ1v) is 32.2. The maximum atomic E-state index is 2.52. The molecule has 0 saturated heterocycles. The van der Waals surface area contributed by atoms with Crippen LogP contribution in [0.1, 0.15) is 80.3 Å². The number of nitrogens with zero attached hydrogens (tertiary/aromatic N) is 2. The number of hydrogen-bond acceptors (Lipinski definition) is 2. The quantitative estimate of drug-likeness (QED) is 0.126. The van der Waals surface area contributed by atoms with Crippen molar-refractivity contribution < 1.29 is 0 Å². The van der Waals surface area contributed by atoms with E-state index in [0.717, 1.165) is 54.1 Å². The Hall–Kier alpha value is -10.5. The van der Waals surface area contributed by atoms with Gasteiger partial charge in [0.05, 0.1) is 0 Å². The molecule has 0 N–H and O–H groups in total. The molecule has 0 saturated carbocycles. The van der Waals surface area contributed by atoms with Crippen molar-refractivity contribution in [3.8, 4) is 66.8 Å². The van der Waals surface area contributed by atoms with Crippen LogP contribution in [0.25, 0.3) is 105 Å². The second kappa shape index (κ2) is 21.1. The number of aryl methyl sites for hydroxylation is 1. The summed E-state index contributed by atoms with van der Waals surface area (Å²) in [5, 5.41) is 7.21. The van der Waals surface area contributed by atoms with Crippen LogP contribution in [0.4, 0.5) is 28.4 Å². The number of fused-ring (bicyclic) bond motifs is 10. The van der Waals surface area contributed by atoms with Gasteiger partial charge in [0.25, 0.3) is 0 Å². The standard InChI is InChI=1S/C88H68N2/c1-87(2)81-37-21-19-33-71(81)73-47-41-61(53-83(73)87)69-31-15-17-35-75(69)85-77-49-45-68(90(64-29-9-6-10-30-64)66-44-40-58-24-12-14-26-60(58)52-66)56-80(77)86(76-36-18-16-32-70(76)62-42-48-74-72-34-20-22-38-82(72)88(3,4)84(74)54-62)78-50-46-67(55-79(78)85)89(63-27-7-5-8-28-63)65-43-39-57-23-11-13-25-59(57)51-65/h5,7-9,11-12,14-24,26-56H,6,10,13,25H2,1-4H3. The normalized spacial score (nSPS) is 14.6. The minimum Gasteiger partial charge on any atom is -0.311 e. The van der Waals surface area contributed by atoms with Crippen LogP contribution in [0.5, 0.6) is 0 Å². The van der Waals surface area contributed by atoms with Crippen LogP contribution < -0.4 is 9.80 Å². The molecule has 0 atom stereocenters. The minimum absolute atomic E-state index is 0.164. The second-order valence-corrected chi connectivity index (χ2v) is 26.1. The van der Waals surface area contributed by atoms with E-state index in [2.05, 4.69) is 329 Å². The number of rotatable bonds is 10. The van der Waals surface area contributed by atoms with Gasteiger partial charge in [-0.2, -0.15) is 0 Å². The van der Waals surface area contributed by atoms with Gasteiger partial charge in [-0.1, -0.05) is 240 Å². The fraction of sp³-hybridized carbons (Fsp3) is 0.114. The molecule has 13 aromatic rings. The lowest BCUT2D eigenvalue weighted by Crippen LogP contribution is -2.16. The Morgan fingerprint density at radius 2 is 0.778 bits per heavy atom. The van der Waals surface area contributed by atoms with Crippen molar-refractivity contribution >= 4 is 66.8 Å². The Labute approximate surface area is 528 Å². The zero-order valence-corrected chi connectivity index (χ0v) is 51.4. The summed E-state index contributed by atoms with van der Waals surface area (Å²) in [4.78, 5) is 4.97. The third kappa shape index (κ3) is 8.60. The van der Waals surface area contributed by atoms with Gasteiger partial charge in [-0.25, -0.2) is 0 Å². The van der Waals surface area contributed by atoms with Gasteiger partial charge >= 0.3 is 0 Å². The van der Waals surface area contributed by atoms with E-state index in [0.29, 0.717) is 0 Å². The lowest BCUT2D eigenvalue weighted by atomic mass is 9.79. The fourth-order valence-electron chi connectivity index (χ4n) is 15.8. The predicted molar refractivity (Wildman–Crippen MR) is 383 cm³/mol. The Morgan fingerprint density at radius 3 is 1.38 bits per heavy atom. The van der Waals surface area contributed by atoms with Gasteiger partial charge in [-0.15, -0.1) is 0 Å². The molecule has 0 unspecified atom stereocenters. The van der Waals surface area contributed by atoms with E-state index < -0.39 is 0 Å². The molecule has 0 spiro atoms. The first-order valence-electron chi connectivity index (χ1n) is 32.2. The molecule has 0 aliphatic heterocycles. The van der Waals surface area contributed by atoms with Crippen molar-refractivity contribution in [2.45, 2.75) is 64.2 Å². The Bertz CT molecular complexity index is 5200. The number of anilines is 5. The van der Waals surface area contributed by atoms with Gasteiger partial charge in [0.15, 0.2) is 0 Å². The van der Waals surface area contributed by atoms with E-state index in [9.17, 15) is 0 Å². The van der Waals surface area contributed by atoms with Gasteiger partial charge in [0.1, 0.15) is 0 Å². The summed E-state index contributed by atoms with van der Waals surface area (Å²) in [6.45, 7) is 9.57. The molecule has 4 aliphatic rings. The van der Waals surface area contributed by atoms with Crippen LogP contribution in [-0.4, -0.2) is 0 Å². The third-order valence-corrected chi connectivity index (χ3v) is 20.3. The van der Waals surface area contributed by atoms with E-state index in [1.54, 1.807) is 0 Å². The lowest BCUT2D eigenvalue weighted by molar-refractivity contribution is 0.660. The van der Waals surface area contributed by atoms with Crippen molar-refractivity contribution in [2.24, 2.45) is 0 Å². The number of hydrogen-bond donors (Lipinski definition) is 0. The maximum Gasteiger partial charge on any atom is 0.0468 e. The summed E-state index contributed by atoms with van der Waals surface area (Å²) in [6, 6.07) is 99.4. The van der Waals surface area contributed by atoms with Crippen LogP contribution >= 0.6 is 0 Å². The molecule has 13 aromatic carbocycles. The SMILES string of the molecule is CC1(C)c2ccccc2-c2ccc(-c3ccccc3-c3c4ccc(N(c5ccccc5)c5ccc6c(c5)CCC=C6)cc4c(-c4ccccc4-c4ccc5c(c4)C(C)(C)c4ccccc4-5)c4ccc(N(C5=CCCC=C5)c5ccc6ccccc6c5)cc34)cc21. The van der Waals surface area contributed by atoms with Gasteiger partial charge in [0, 0.05) is 45.0 Å². The Balaban J connectivity index is 0.978. The maximum absolute atomic E-state index is 2.52. The molecule has 0 fully saturated rings. The van der Waals surface area contributed by atoms with Crippen LogP contribution in [0.2, 0.25) is 0 Å². The van der Waals surface area contributed by atoms with E-state index in [-0.39, 0.29) is 10.8 Å². The molecule has 4 aliphatic carbocycles. The summed E-state index contributed by atoms with van der Waals surface area (Å²) in [5.74, 6) is 0. The molecular weight excluding hydrogens is 1080 g/mol. The largest absolute Gasteiger partial charge is 0.311 e. The van der Waals surface area contributed by atoms with Crippen molar-refractivity contribution in [3.05, 3.63) is 324 Å². The molecule has 2 heteroatoms. The van der Waals surface area contributed by atoms with E-state index >= 15 is 0 Å². The van der Waals surface area contributed by atoms with Crippen molar-refractivity contribution in [1.82, 2.24) is 0 Å². The Kier molecular flexibility index (Phi) is 12.6. The van der Waals surface area contributed by atoms with Gasteiger partial charge < -0.3 is 9.80 Å². The molecule has 430 valence electrons. The molecule has 90 heavy (non-hydrogen) atoms. The average Bonchev–Trinajstić information content (AvgIpc) is 0.920. The molecule has 2 nitrogen and oxygen atoms in total. The fourth-order valence-corrected chi connectivity index (χ4v) is 15.8. The van der Waals surface area contributed by atoms with Gasteiger partial charge in [0.2, 0.25) is 0 Å². The molecular formula is C88H68N2. The predicted octanol–water partition coefficient (Wildman–Crippen LogP) is 24.2. The highest BCUT2D eigenvalue weighted by molar-refractivity contribution is 6.24. The first kappa shape index (κ1) is 53.7. The lowest BCUT2D eigenvalue weighted by Gasteiger charge is -2.30. The van der Waals surface area contributed by atoms with E-state index in [4.69, 9.17) is 0 Å². The molecule has 0 heterocycles. The number of para-hydroxylation sites is 1. The van der Waals surface area contributed by atoms with Gasteiger partial charge in [-0.3, -0.25) is 0 Å². The van der Waals surface area contributed by atoms with Gasteiger partial charge in [-0.05, 0) is 237 Å². The molecule has 17 rings (SSSR count). The van der Waals surface area contributed by atoms with Crippen molar-refractivity contribution in [2.75, 3.05) is 9.80 Å². The van der Waals surface area contributed by atoms with E-state index in [1.807, 2.05) is 0 Å². The monoisotopic (exact) mass is 1150 g/mol. The van der Waals surface area contributed by atoms with Crippen molar-refractivity contribution in [3.63, 3.8) is 0 Å². The summed E-state index contributed by atoms with van der Waals surface area (Å²) in [6.07, 6.45) is 15.7. The molecule has 0 aromatic heterocycles. The van der Waals surface area contributed by atoms with E-state index in [1.165, 1.54) is 138 Å². The average molecular weight is 1150 g/mol. The molecule has 0 radical (unpaired) electrons. The highest BCUT2D eigenvalue weighted by Gasteiger charge is 2.37. The summed E-state index contributed by atoms with van der Waals surface area (Å²) in [7, 11) is 0. The Morgan fingerprint density at radius 1 is 0.300 bits per heavy atom. The number of allylic oxidation sites excluding steroid dienone is 4. The topological polar surface area (TPSA) is 6.48 Å². The van der Waals surface area contributed by atoms with Crippen LogP contribution in [-0.2, 0) is 17.3 Å². The molecule has 0 amide bonds. The summed E-state index contributed by atoms with van der Waals surface area (Å²) >= 11 is 0. The van der Waals surface area contributed by atoms with Crippen LogP contribution in [0.15, 0.2) is 291 Å². The molecule has 0 bridgehead atoms. The van der Waals surface area contributed by atoms with Crippen molar-refractivity contribution in [1.29, 1.82) is 0 Å². The smallest absolute Gasteiger partial charge is 0.0468 e. The zero-order chi connectivity index (χ0) is 60.2. The highest BCUT2D eigenvalue weighted by Crippen LogP contribution is 2.55. The zero-order valence-electron chi connectivity index (χ0n) is 51.4. The second-order valence-electron chi connectivity index (χ2n) is 26.1. The summed E-state index contributed by atoms with van der Waals surface area (Å²) < 4.78 is 0.